The van der Waals surface area contributed by atoms with Gasteiger partial charge in [0.25, 0.3) is 0 Å². The molecule has 24 heavy (non-hydrogen) atoms. The van der Waals surface area contributed by atoms with E-state index in [1.54, 1.807) is 0 Å². The van der Waals surface area contributed by atoms with Crippen LogP contribution in [0.2, 0.25) is 0 Å². The summed E-state index contributed by atoms with van der Waals surface area (Å²) in [5, 5.41) is 2.25. The molecule has 130 valence electrons. The number of aldehydes is 1. The minimum absolute atomic E-state index is 0.298. The topological polar surface area (TPSA) is 26.3 Å². The number of carbonyl (C=O) groups excluding carboxylic acids is 1. The number of carbonyl (C=O) groups is 1. The zero-order valence-electron chi connectivity index (χ0n) is 14.3. The fraction of sp³-hybridized carbons (Fsp3) is 0.476. The van der Waals surface area contributed by atoms with Crippen LogP contribution in [0.15, 0.2) is 42.5 Å². The Morgan fingerprint density at radius 2 is 1.62 bits per heavy atom. The standard InChI is InChI=1S/C21H27ClO2/c22-21(16-23)11-5-3-1-2-4-8-14-24-17-18-12-13-19-9-6-7-10-20(19)15-18/h6-7,9-10,12-13,15-16,21H,1-5,8,11,14,17H2/t21-/m0/s1. The molecule has 0 fully saturated rings. The van der Waals surface area contributed by atoms with Gasteiger partial charge in [0.1, 0.15) is 6.29 Å². The Kier molecular flexibility index (Phi) is 8.86. The number of fused-ring (bicyclic) bond motifs is 1. The highest BCUT2D eigenvalue weighted by Gasteiger charge is 2.01. The minimum atomic E-state index is -0.298. The summed E-state index contributed by atoms with van der Waals surface area (Å²) >= 11 is 5.76. The summed E-state index contributed by atoms with van der Waals surface area (Å²) in [4.78, 5) is 10.4. The van der Waals surface area contributed by atoms with Crippen molar-refractivity contribution >= 4 is 28.7 Å². The van der Waals surface area contributed by atoms with E-state index in [0.29, 0.717) is 6.61 Å². The van der Waals surface area contributed by atoms with Gasteiger partial charge in [0.15, 0.2) is 0 Å². The Balaban J connectivity index is 1.49. The van der Waals surface area contributed by atoms with Gasteiger partial charge in [-0.3, -0.25) is 0 Å². The van der Waals surface area contributed by atoms with Gasteiger partial charge < -0.3 is 9.53 Å². The van der Waals surface area contributed by atoms with E-state index in [2.05, 4.69) is 42.5 Å². The molecule has 2 aromatic rings. The van der Waals surface area contributed by atoms with Gasteiger partial charge in [0.2, 0.25) is 0 Å². The largest absolute Gasteiger partial charge is 0.377 e. The summed E-state index contributed by atoms with van der Waals surface area (Å²) in [6.45, 7) is 1.51. The van der Waals surface area contributed by atoms with Gasteiger partial charge >= 0.3 is 0 Å². The second kappa shape index (κ2) is 11.2. The molecule has 0 aliphatic carbocycles. The zero-order chi connectivity index (χ0) is 17.0. The van der Waals surface area contributed by atoms with E-state index in [9.17, 15) is 4.79 Å². The third-order valence-corrected chi connectivity index (χ3v) is 4.57. The van der Waals surface area contributed by atoms with Crippen molar-refractivity contribution in [1.82, 2.24) is 0 Å². The first-order chi connectivity index (χ1) is 11.8. The highest BCUT2D eigenvalue weighted by atomic mass is 35.5. The van der Waals surface area contributed by atoms with Crippen molar-refractivity contribution in [3.63, 3.8) is 0 Å². The quantitative estimate of drug-likeness (QED) is 0.272. The predicted octanol–water partition coefficient (Wildman–Crippen LogP) is 5.89. The number of halogens is 1. The van der Waals surface area contributed by atoms with E-state index in [1.165, 1.54) is 35.6 Å². The van der Waals surface area contributed by atoms with E-state index in [4.69, 9.17) is 16.3 Å². The molecular weight excluding hydrogens is 320 g/mol. The molecule has 0 aliphatic heterocycles. The highest BCUT2D eigenvalue weighted by molar-refractivity contribution is 6.27. The van der Waals surface area contributed by atoms with Gasteiger partial charge in [0, 0.05) is 6.61 Å². The maximum Gasteiger partial charge on any atom is 0.137 e. The number of alkyl halides is 1. The summed E-state index contributed by atoms with van der Waals surface area (Å²) in [5.74, 6) is 0. The SMILES string of the molecule is O=C[C@@H](Cl)CCCCCCCCOCc1ccc2ccccc2c1. The van der Waals surface area contributed by atoms with Gasteiger partial charge in [-0.1, -0.05) is 68.5 Å². The summed E-state index contributed by atoms with van der Waals surface area (Å²) < 4.78 is 5.79. The van der Waals surface area contributed by atoms with Crippen molar-refractivity contribution in [2.75, 3.05) is 6.61 Å². The maximum absolute atomic E-state index is 10.4. The predicted molar refractivity (Wildman–Crippen MR) is 102 cm³/mol. The van der Waals surface area contributed by atoms with Crippen molar-refractivity contribution in [2.24, 2.45) is 0 Å². The fourth-order valence-corrected chi connectivity index (χ4v) is 2.99. The van der Waals surface area contributed by atoms with Gasteiger partial charge in [-0.25, -0.2) is 0 Å². The van der Waals surface area contributed by atoms with Crippen LogP contribution in [0.4, 0.5) is 0 Å². The van der Waals surface area contributed by atoms with E-state index < -0.39 is 0 Å². The van der Waals surface area contributed by atoms with E-state index in [1.807, 2.05) is 0 Å². The van der Waals surface area contributed by atoms with Crippen molar-refractivity contribution in [3.05, 3.63) is 48.0 Å². The Labute approximate surface area is 150 Å². The fourth-order valence-electron chi connectivity index (χ4n) is 2.84. The van der Waals surface area contributed by atoms with Gasteiger partial charge in [-0.05, 0) is 35.2 Å². The zero-order valence-corrected chi connectivity index (χ0v) is 15.0. The lowest BCUT2D eigenvalue weighted by Crippen LogP contribution is -1.98. The molecule has 0 saturated carbocycles. The molecule has 3 heteroatoms. The van der Waals surface area contributed by atoms with E-state index in [0.717, 1.165) is 38.6 Å². The molecule has 2 nitrogen and oxygen atoms in total. The monoisotopic (exact) mass is 346 g/mol. The number of ether oxygens (including phenoxy) is 1. The third kappa shape index (κ3) is 7.02. The first-order valence-corrected chi connectivity index (χ1v) is 9.38. The molecule has 0 radical (unpaired) electrons. The molecule has 0 spiro atoms. The normalized spacial score (nSPS) is 12.4. The van der Waals surface area contributed by atoms with E-state index >= 15 is 0 Å². The summed E-state index contributed by atoms with van der Waals surface area (Å²) in [6.07, 6.45) is 8.60. The molecule has 0 bridgehead atoms. The molecule has 2 rings (SSSR count). The van der Waals surface area contributed by atoms with Crippen LogP contribution in [0, 0.1) is 0 Å². The van der Waals surface area contributed by atoms with Crippen LogP contribution in [0.5, 0.6) is 0 Å². The van der Waals surface area contributed by atoms with Crippen molar-refractivity contribution in [3.8, 4) is 0 Å². The van der Waals surface area contributed by atoms with Crippen molar-refractivity contribution in [2.45, 2.75) is 56.9 Å². The number of hydrogen-bond acceptors (Lipinski definition) is 2. The molecule has 0 amide bonds. The molecule has 0 saturated heterocycles. The Morgan fingerprint density at radius 3 is 2.42 bits per heavy atom. The molecule has 0 unspecified atom stereocenters. The molecule has 0 heterocycles. The average Bonchev–Trinajstić information content (AvgIpc) is 2.62. The van der Waals surface area contributed by atoms with Crippen molar-refractivity contribution < 1.29 is 9.53 Å². The first kappa shape index (κ1) is 19.0. The molecule has 2 aromatic carbocycles. The van der Waals surface area contributed by atoms with Crippen LogP contribution in [0.25, 0.3) is 10.8 Å². The smallest absolute Gasteiger partial charge is 0.137 e. The molecule has 1 atom stereocenters. The lowest BCUT2D eigenvalue weighted by atomic mass is 10.1. The summed E-state index contributed by atoms with van der Waals surface area (Å²) in [5.41, 5.74) is 1.24. The van der Waals surface area contributed by atoms with Gasteiger partial charge in [0.05, 0.1) is 12.0 Å². The Bertz CT molecular complexity index is 612. The number of hydrogen-bond donors (Lipinski definition) is 0. The van der Waals surface area contributed by atoms with Crippen LogP contribution in [-0.2, 0) is 16.1 Å². The molecule has 0 N–H and O–H groups in total. The van der Waals surface area contributed by atoms with Crippen LogP contribution in [0.3, 0.4) is 0 Å². The van der Waals surface area contributed by atoms with Crippen molar-refractivity contribution in [1.29, 1.82) is 0 Å². The Hall–Kier alpha value is -1.38. The second-order valence-corrected chi connectivity index (χ2v) is 6.86. The number of rotatable bonds is 12. The minimum Gasteiger partial charge on any atom is -0.377 e. The van der Waals surface area contributed by atoms with Crippen LogP contribution in [0.1, 0.15) is 50.5 Å². The van der Waals surface area contributed by atoms with Crippen LogP contribution < -0.4 is 0 Å². The third-order valence-electron chi connectivity index (χ3n) is 4.25. The van der Waals surface area contributed by atoms with Crippen LogP contribution in [-0.4, -0.2) is 18.3 Å². The molecule has 0 aromatic heterocycles. The summed E-state index contributed by atoms with van der Waals surface area (Å²) in [7, 11) is 0. The average molecular weight is 347 g/mol. The van der Waals surface area contributed by atoms with Gasteiger partial charge in [-0.2, -0.15) is 0 Å². The first-order valence-electron chi connectivity index (χ1n) is 8.94. The van der Waals surface area contributed by atoms with E-state index in [-0.39, 0.29) is 5.38 Å². The maximum atomic E-state index is 10.4. The lowest BCUT2D eigenvalue weighted by Gasteiger charge is -2.06. The highest BCUT2D eigenvalue weighted by Crippen LogP contribution is 2.16. The summed E-state index contributed by atoms with van der Waals surface area (Å²) in [6, 6.07) is 14.9. The second-order valence-electron chi connectivity index (χ2n) is 6.30. The molecule has 0 aliphatic rings. The molecular formula is C21H27ClO2. The number of unbranched alkanes of at least 4 members (excludes halogenated alkanes) is 5. The lowest BCUT2D eigenvalue weighted by molar-refractivity contribution is -0.107. The number of benzene rings is 2. The van der Waals surface area contributed by atoms with Gasteiger partial charge in [-0.15, -0.1) is 11.6 Å². The van der Waals surface area contributed by atoms with Crippen LogP contribution >= 0.6 is 11.6 Å². The Morgan fingerprint density at radius 1 is 0.917 bits per heavy atom.